The normalized spacial score (nSPS) is 10.9. The fraction of sp³-hybridized carbons (Fsp3) is 0.217. The average Bonchev–Trinajstić information content (AvgIpc) is 3.18. The minimum absolute atomic E-state index is 0.667. The summed E-state index contributed by atoms with van der Waals surface area (Å²) in [5.41, 5.74) is 5.77. The molecule has 0 amide bonds. The molecule has 1 N–H and O–H groups in total. The molecule has 6 nitrogen and oxygen atoms in total. The van der Waals surface area contributed by atoms with Gasteiger partial charge in [0.2, 0.25) is 0 Å². The number of benzene rings is 2. The summed E-state index contributed by atoms with van der Waals surface area (Å²) in [6.45, 7) is 4.13. The number of rotatable bonds is 6. The van der Waals surface area contributed by atoms with Crippen LogP contribution >= 0.6 is 0 Å². The first-order valence-corrected chi connectivity index (χ1v) is 9.57. The minimum Gasteiger partial charge on any atom is -0.493 e. The van der Waals surface area contributed by atoms with Crippen LogP contribution in [0.15, 0.2) is 54.6 Å². The molecular formula is C23H24N4O2. The lowest BCUT2D eigenvalue weighted by Crippen LogP contribution is -2.02. The van der Waals surface area contributed by atoms with Crippen molar-refractivity contribution >= 4 is 17.2 Å². The van der Waals surface area contributed by atoms with Crippen LogP contribution in [0.4, 0.5) is 11.5 Å². The van der Waals surface area contributed by atoms with Crippen LogP contribution in [0.25, 0.3) is 16.9 Å². The van der Waals surface area contributed by atoms with Crippen molar-refractivity contribution < 1.29 is 9.47 Å². The van der Waals surface area contributed by atoms with Crippen LogP contribution in [-0.4, -0.2) is 28.8 Å². The monoisotopic (exact) mass is 388 g/mol. The molecule has 0 spiro atoms. The van der Waals surface area contributed by atoms with E-state index in [1.165, 1.54) is 5.56 Å². The third kappa shape index (κ3) is 3.74. The van der Waals surface area contributed by atoms with Gasteiger partial charge >= 0.3 is 0 Å². The van der Waals surface area contributed by atoms with Crippen LogP contribution in [-0.2, 0) is 6.42 Å². The number of aromatic nitrogens is 3. The Morgan fingerprint density at radius 1 is 0.931 bits per heavy atom. The summed E-state index contributed by atoms with van der Waals surface area (Å²) in [4.78, 5) is 4.63. The van der Waals surface area contributed by atoms with E-state index in [9.17, 15) is 0 Å². The zero-order chi connectivity index (χ0) is 20.4. The Hall–Kier alpha value is -3.54. The maximum Gasteiger partial charge on any atom is 0.161 e. The maximum atomic E-state index is 5.43. The van der Waals surface area contributed by atoms with Crippen molar-refractivity contribution in [3.8, 4) is 22.8 Å². The van der Waals surface area contributed by atoms with Gasteiger partial charge in [0.05, 0.1) is 19.9 Å². The molecule has 0 fully saturated rings. The van der Waals surface area contributed by atoms with Crippen LogP contribution in [0.2, 0.25) is 0 Å². The summed E-state index contributed by atoms with van der Waals surface area (Å²) in [6.07, 6.45) is 1.02. The van der Waals surface area contributed by atoms with Gasteiger partial charge in [-0.15, -0.1) is 0 Å². The van der Waals surface area contributed by atoms with Gasteiger partial charge in [-0.05, 0) is 49.2 Å². The van der Waals surface area contributed by atoms with E-state index in [1.54, 1.807) is 14.2 Å². The van der Waals surface area contributed by atoms with E-state index < -0.39 is 0 Å². The lowest BCUT2D eigenvalue weighted by atomic mass is 10.1. The Labute approximate surface area is 170 Å². The molecule has 2 heterocycles. The highest BCUT2D eigenvalue weighted by Crippen LogP contribution is 2.32. The van der Waals surface area contributed by atoms with Gasteiger partial charge in [0.1, 0.15) is 5.82 Å². The number of anilines is 2. The average molecular weight is 388 g/mol. The molecule has 0 bridgehead atoms. The van der Waals surface area contributed by atoms with Gasteiger partial charge in [-0.2, -0.15) is 9.61 Å². The molecule has 0 unspecified atom stereocenters. The van der Waals surface area contributed by atoms with E-state index in [4.69, 9.17) is 14.6 Å². The highest BCUT2D eigenvalue weighted by atomic mass is 16.5. The maximum absolute atomic E-state index is 5.43. The van der Waals surface area contributed by atoms with Crippen LogP contribution in [0, 0.1) is 6.92 Å². The molecule has 4 rings (SSSR count). The minimum atomic E-state index is 0.667. The first-order chi connectivity index (χ1) is 14.1. The number of methoxy groups -OCH3 is 2. The fourth-order valence-electron chi connectivity index (χ4n) is 3.30. The van der Waals surface area contributed by atoms with Gasteiger partial charge in [0, 0.05) is 29.1 Å². The topological polar surface area (TPSA) is 60.7 Å². The predicted molar refractivity (Wildman–Crippen MR) is 115 cm³/mol. The molecule has 0 aliphatic rings. The zero-order valence-electron chi connectivity index (χ0n) is 17.1. The van der Waals surface area contributed by atoms with Crippen molar-refractivity contribution in [1.29, 1.82) is 0 Å². The fourth-order valence-corrected chi connectivity index (χ4v) is 3.30. The summed E-state index contributed by atoms with van der Waals surface area (Å²) < 4.78 is 12.6. The number of aryl methyl sites for hydroxylation is 2. The second kappa shape index (κ2) is 7.83. The van der Waals surface area contributed by atoms with E-state index in [-0.39, 0.29) is 0 Å². The van der Waals surface area contributed by atoms with Crippen molar-refractivity contribution in [2.45, 2.75) is 20.3 Å². The third-order valence-electron chi connectivity index (χ3n) is 4.87. The Kier molecular flexibility index (Phi) is 5.08. The molecule has 0 atom stereocenters. The molecule has 2 aromatic heterocycles. The molecule has 29 heavy (non-hydrogen) atoms. The number of nitrogens with one attached hydrogen (secondary N) is 1. The quantitative estimate of drug-likeness (QED) is 0.502. The summed E-state index contributed by atoms with van der Waals surface area (Å²) >= 11 is 0. The van der Waals surface area contributed by atoms with E-state index in [2.05, 4.69) is 41.5 Å². The van der Waals surface area contributed by atoms with Gasteiger partial charge in [-0.25, -0.2) is 4.98 Å². The van der Waals surface area contributed by atoms with Crippen molar-refractivity contribution in [2.75, 3.05) is 19.5 Å². The van der Waals surface area contributed by atoms with Crippen molar-refractivity contribution in [1.82, 2.24) is 14.6 Å². The van der Waals surface area contributed by atoms with E-state index in [0.717, 1.165) is 40.5 Å². The van der Waals surface area contributed by atoms with Gasteiger partial charge < -0.3 is 14.8 Å². The highest BCUT2D eigenvalue weighted by Gasteiger charge is 2.13. The van der Waals surface area contributed by atoms with Crippen LogP contribution < -0.4 is 14.8 Å². The Morgan fingerprint density at radius 2 is 1.69 bits per heavy atom. The van der Waals surface area contributed by atoms with Crippen LogP contribution in [0.5, 0.6) is 11.5 Å². The Balaban J connectivity index is 1.74. The molecule has 4 aromatic rings. The first kappa shape index (κ1) is 18.8. The SMILES string of the molecule is CCc1ccc(Nc2cc(C)nc3cc(-c4ccc(OC)c(OC)c4)nn23)cc1. The summed E-state index contributed by atoms with van der Waals surface area (Å²) in [7, 11) is 3.25. The second-order valence-corrected chi connectivity index (χ2v) is 6.83. The van der Waals surface area contributed by atoms with Gasteiger partial charge in [-0.3, -0.25) is 0 Å². The Bertz CT molecular complexity index is 1150. The van der Waals surface area contributed by atoms with Gasteiger partial charge in [0.15, 0.2) is 17.1 Å². The molecular weight excluding hydrogens is 364 g/mol. The number of hydrogen-bond acceptors (Lipinski definition) is 5. The number of nitrogens with zero attached hydrogens (tertiary/aromatic N) is 3. The second-order valence-electron chi connectivity index (χ2n) is 6.83. The van der Waals surface area contributed by atoms with Crippen molar-refractivity contribution in [3.63, 3.8) is 0 Å². The highest BCUT2D eigenvalue weighted by molar-refractivity contribution is 5.69. The van der Waals surface area contributed by atoms with Crippen LogP contribution in [0.3, 0.4) is 0 Å². The molecule has 0 saturated carbocycles. The van der Waals surface area contributed by atoms with Crippen molar-refractivity contribution in [2.24, 2.45) is 0 Å². The molecule has 2 aromatic carbocycles. The zero-order valence-corrected chi connectivity index (χ0v) is 17.1. The van der Waals surface area contributed by atoms with E-state index >= 15 is 0 Å². The summed E-state index contributed by atoms with van der Waals surface area (Å²) in [5.74, 6) is 2.22. The summed E-state index contributed by atoms with van der Waals surface area (Å²) in [5, 5.41) is 8.24. The molecule has 0 saturated heterocycles. The lowest BCUT2D eigenvalue weighted by Gasteiger charge is -2.10. The molecule has 6 heteroatoms. The predicted octanol–water partition coefficient (Wildman–Crippen LogP) is 5.03. The molecule has 0 radical (unpaired) electrons. The largest absolute Gasteiger partial charge is 0.493 e. The molecule has 0 aliphatic carbocycles. The number of hydrogen-bond donors (Lipinski definition) is 1. The summed E-state index contributed by atoms with van der Waals surface area (Å²) in [6, 6.07) is 18.2. The number of ether oxygens (including phenoxy) is 2. The third-order valence-corrected chi connectivity index (χ3v) is 4.87. The Morgan fingerprint density at radius 3 is 2.38 bits per heavy atom. The van der Waals surface area contributed by atoms with Crippen LogP contribution in [0.1, 0.15) is 18.2 Å². The van der Waals surface area contributed by atoms with E-state index in [1.807, 2.05) is 41.8 Å². The smallest absolute Gasteiger partial charge is 0.161 e. The van der Waals surface area contributed by atoms with Gasteiger partial charge in [-0.1, -0.05) is 19.1 Å². The van der Waals surface area contributed by atoms with Gasteiger partial charge in [0.25, 0.3) is 0 Å². The lowest BCUT2D eigenvalue weighted by molar-refractivity contribution is 0.355. The van der Waals surface area contributed by atoms with E-state index in [0.29, 0.717) is 11.5 Å². The van der Waals surface area contributed by atoms with Crippen molar-refractivity contribution in [3.05, 3.63) is 65.9 Å². The molecule has 148 valence electrons. The molecule has 0 aliphatic heterocycles. The first-order valence-electron chi connectivity index (χ1n) is 9.57. The standard InChI is InChI=1S/C23H24N4O2/c1-5-16-6-9-18(10-7-16)25-22-12-15(2)24-23-14-19(26-27(22)23)17-8-11-20(28-3)21(13-17)29-4/h6-14,25H,5H2,1-4H3. The number of fused-ring (bicyclic) bond motifs is 1.